The summed E-state index contributed by atoms with van der Waals surface area (Å²) < 4.78 is 14.2. The molecule has 2 aromatic carbocycles. The van der Waals surface area contributed by atoms with Crippen molar-refractivity contribution >= 4 is 16.8 Å². The first-order chi connectivity index (χ1) is 18.5. The van der Waals surface area contributed by atoms with Crippen LogP contribution in [0.3, 0.4) is 0 Å². The number of carbonyl (C=O) groups excluding carboxylic acids is 1. The second-order valence-electron chi connectivity index (χ2n) is 10.5. The number of allylic oxidation sites excluding steroid dienone is 2. The number of nitrogens with zero attached hydrogens (tertiary/aromatic N) is 4. The Morgan fingerprint density at radius 1 is 1.05 bits per heavy atom. The van der Waals surface area contributed by atoms with Crippen LogP contribution in [0.4, 0.5) is 0 Å². The van der Waals surface area contributed by atoms with Gasteiger partial charge in [-0.25, -0.2) is 5.01 Å². The highest BCUT2D eigenvalue weighted by Gasteiger charge is 2.29. The Hall–Kier alpha value is -3.71. The fourth-order valence-corrected chi connectivity index (χ4v) is 5.94. The number of methoxy groups -OCH3 is 1. The number of aromatic nitrogens is 1. The zero-order valence-corrected chi connectivity index (χ0v) is 22.5. The molecule has 3 aliphatic rings. The third-order valence-corrected chi connectivity index (χ3v) is 8.10. The van der Waals surface area contributed by atoms with E-state index >= 15 is 0 Å². The molecule has 1 atom stereocenters. The molecule has 1 unspecified atom stereocenters. The number of piperazine rings is 1. The SMILES string of the molecule is COc1ccc(-c2c(C)c3cccc4c3n2CC(CCC(=O)N2CCN(N3C=CC(C)=CC3)CC2)O4)cc1. The van der Waals surface area contributed by atoms with E-state index in [0.717, 1.165) is 61.8 Å². The minimum Gasteiger partial charge on any atom is -0.497 e. The zero-order chi connectivity index (χ0) is 26.2. The summed E-state index contributed by atoms with van der Waals surface area (Å²) in [5.74, 6) is 1.98. The average Bonchev–Trinajstić information content (AvgIpc) is 3.24. The number of rotatable bonds is 6. The predicted molar refractivity (Wildman–Crippen MR) is 150 cm³/mol. The summed E-state index contributed by atoms with van der Waals surface area (Å²) in [6.45, 7) is 9.20. The summed E-state index contributed by atoms with van der Waals surface area (Å²) in [5, 5.41) is 5.81. The lowest BCUT2D eigenvalue weighted by Gasteiger charge is -2.41. The summed E-state index contributed by atoms with van der Waals surface area (Å²) in [4.78, 5) is 15.2. The van der Waals surface area contributed by atoms with Gasteiger partial charge in [0.05, 0.1) is 31.4 Å². The van der Waals surface area contributed by atoms with E-state index in [0.29, 0.717) is 12.8 Å². The third-order valence-electron chi connectivity index (χ3n) is 8.10. The van der Waals surface area contributed by atoms with Crippen LogP contribution in [0.5, 0.6) is 11.5 Å². The molecule has 1 amide bonds. The van der Waals surface area contributed by atoms with Crippen molar-refractivity contribution in [2.24, 2.45) is 0 Å². The van der Waals surface area contributed by atoms with Crippen LogP contribution in [-0.2, 0) is 11.3 Å². The first-order valence-corrected chi connectivity index (χ1v) is 13.6. The number of hydrogen-bond donors (Lipinski definition) is 0. The molecule has 6 rings (SSSR count). The summed E-state index contributed by atoms with van der Waals surface area (Å²) in [7, 11) is 1.69. The van der Waals surface area contributed by atoms with Gasteiger partial charge in [0.2, 0.25) is 5.91 Å². The smallest absolute Gasteiger partial charge is 0.222 e. The first-order valence-electron chi connectivity index (χ1n) is 13.6. The summed E-state index contributed by atoms with van der Waals surface area (Å²) in [6.07, 6.45) is 7.68. The van der Waals surface area contributed by atoms with Gasteiger partial charge in [0.1, 0.15) is 17.6 Å². The molecule has 0 radical (unpaired) electrons. The fourth-order valence-electron chi connectivity index (χ4n) is 5.94. The number of hydrogen-bond acceptors (Lipinski definition) is 5. The molecule has 38 heavy (non-hydrogen) atoms. The number of amides is 1. The van der Waals surface area contributed by atoms with E-state index in [4.69, 9.17) is 9.47 Å². The van der Waals surface area contributed by atoms with E-state index in [1.807, 2.05) is 17.0 Å². The van der Waals surface area contributed by atoms with Crippen LogP contribution >= 0.6 is 0 Å². The first kappa shape index (κ1) is 24.6. The van der Waals surface area contributed by atoms with Gasteiger partial charge in [0, 0.05) is 44.2 Å². The third kappa shape index (κ3) is 4.56. The maximum Gasteiger partial charge on any atom is 0.222 e. The lowest BCUT2D eigenvalue weighted by atomic mass is 10.1. The molecule has 0 saturated carbocycles. The Balaban J connectivity index is 1.12. The van der Waals surface area contributed by atoms with Crippen molar-refractivity contribution in [1.82, 2.24) is 19.5 Å². The summed E-state index contributed by atoms with van der Waals surface area (Å²) in [5.41, 5.74) is 6.07. The van der Waals surface area contributed by atoms with Crippen molar-refractivity contribution in [3.05, 3.63) is 72.0 Å². The Morgan fingerprint density at radius 3 is 2.55 bits per heavy atom. The zero-order valence-electron chi connectivity index (χ0n) is 22.5. The largest absolute Gasteiger partial charge is 0.497 e. The van der Waals surface area contributed by atoms with Gasteiger partial charge in [-0.05, 0) is 67.8 Å². The summed E-state index contributed by atoms with van der Waals surface area (Å²) in [6, 6.07) is 14.5. The Bertz CT molecular complexity index is 1400. The van der Waals surface area contributed by atoms with Crippen molar-refractivity contribution < 1.29 is 14.3 Å². The quantitative estimate of drug-likeness (QED) is 0.465. The van der Waals surface area contributed by atoms with Crippen LogP contribution < -0.4 is 9.47 Å². The van der Waals surface area contributed by atoms with Crippen molar-refractivity contribution in [1.29, 1.82) is 0 Å². The van der Waals surface area contributed by atoms with Crippen LogP contribution in [-0.4, -0.2) is 71.3 Å². The topological polar surface area (TPSA) is 50.2 Å². The van der Waals surface area contributed by atoms with Crippen molar-refractivity contribution in [2.75, 3.05) is 39.8 Å². The molecule has 0 N–H and O–H groups in total. The van der Waals surface area contributed by atoms with Crippen molar-refractivity contribution in [2.45, 2.75) is 39.3 Å². The van der Waals surface area contributed by atoms with Crippen LogP contribution in [0.1, 0.15) is 25.3 Å². The van der Waals surface area contributed by atoms with E-state index in [9.17, 15) is 4.79 Å². The molecule has 3 aromatic rings. The van der Waals surface area contributed by atoms with E-state index in [1.165, 1.54) is 22.2 Å². The molecule has 0 aliphatic carbocycles. The molecule has 7 nitrogen and oxygen atoms in total. The second-order valence-corrected chi connectivity index (χ2v) is 10.5. The van der Waals surface area contributed by atoms with Crippen LogP contribution in [0.15, 0.2) is 66.4 Å². The molecular weight excluding hydrogens is 476 g/mol. The average molecular weight is 513 g/mol. The van der Waals surface area contributed by atoms with Crippen molar-refractivity contribution in [3.63, 3.8) is 0 Å². The molecule has 198 valence electrons. The number of benzene rings is 2. The lowest BCUT2D eigenvalue weighted by molar-refractivity contribution is -0.135. The van der Waals surface area contributed by atoms with Crippen LogP contribution in [0, 0.1) is 6.92 Å². The molecule has 1 aromatic heterocycles. The van der Waals surface area contributed by atoms with Gasteiger partial charge in [-0.3, -0.25) is 4.79 Å². The summed E-state index contributed by atoms with van der Waals surface area (Å²) >= 11 is 0. The van der Waals surface area contributed by atoms with Gasteiger partial charge in [0.25, 0.3) is 0 Å². The van der Waals surface area contributed by atoms with E-state index in [-0.39, 0.29) is 12.0 Å². The van der Waals surface area contributed by atoms with Gasteiger partial charge >= 0.3 is 0 Å². The minimum atomic E-state index is -0.0457. The van der Waals surface area contributed by atoms with Gasteiger partial charge < -0.3 is 23.9 Å². The van der Waals surface area contributed by atoms with Gasteiger partial charge in [-0.15, -0.1) is 0 Å². The minimum absolute atomic E-state index is 0.0457. The Kier molecular flexibility index (Phi) is 6.62. The molecule has 7 heteroatoms. The second kappa shape index (κ2) is 10.2. The maximum absolute atomic E-state index is 13.2. The monoisotopic (exact) mass is 512 g/mol. The highest BCUT2D eigenvalue weighted by atomic mass is 16.5. The van der Waals surface area contributed by atoms with Gasteiger partial charge in [0.15, 0.2) is 0 Å². The molecule has 0 bridgehead atoms. The van der Waals surface area contributed by atoms with Crippen molar-refractivity contribution in [3.8, 4) is 22.8 Å². The molecular formula is C31H36N4O3. The predicted octanol–water partition coefficient (Wildman–Crippen LogP) is 5.00. The molecule has 1 fully saturated rings. The van der Waals surface area contributed by atoms with E-state index < -0.39 is 0 Å². The normalized spacial score (nSPS) is 19.4. The molecule has 3 aliphatic heterocycles. The number of aryl methyl sites for hydroxylation is 1. The highest BCUT2D eigenvalue weighted by molar-refractivity contribution is 5.95. The van der Waals surface area contributed by atoms with E-state index in [1.54, 1.807) is 7.11 Å². The molecule has 0 spiro atoms. The lowest BCUT2D eigenvalue weighted by Crippen LogP contribution is -2.53. The van der Waals surface area contributed by atoms with Gasteiger partial charge in [-0.2, -0.15) is 0 Å². The Labute approximate surface area is 224 Å². The number of hydrazine groups is 1. The van der Waals surface area contributed by atoms with Crippen LogP contribution in [0.2, 0.25) is 0 Å². The number of ether oxygens (including phenoxy) is 2. The fraction of sp³-hybridized carbons (Fsp3) is 0.387. The van der Waals surface area contributed by atoms with E-state index in [2.05, 4.69) is 77.1 Å². The Morgan fingerprint density at radius 2 is 1.84 bits per heavy atom. The number of para-hydroxylation sites is 1. The van der Waals surface area contributed by atoms with Gasteiger partial charge in [-0.1, -0.05) is 23.8 Å². The standard InChI is InChI=1S/C31H36N4O3/c1-22-13-15-33(16-14-22)34-19-17-32(18-20-34)29(36)12-11-26-21-35-30(24-7-9-25(37-3)10-8-24)23(2)27-5-4-6-28(38-26)31(27)35/h4-10,13-15,26H,11-12,16-21H2,1-3H3. The maximum atomic E-state index is 13.2. The highest BCUT2D eigenvalue weighted by Crippen LogP contribution is 2.41. The number of carbonyl (C=O) groups is 1. The van der Waals surface area contributed by atoms with Crippen LogP contribution in [0.25, 0.3) is 22.2 Å². The molecule has 4 heterocycles. The molecule has 1 saturated heterocycles.